The van der Waals surface area contributed by atoms with Crippen molar-refractivity contribution in [2.45, 2.75) is 25.9 Å². The first-order valence-corrected chi connectivity index (χ1v) is 7.65. The Kier molecular flexibility index (Phi) is 6.27. The number of aryl methyl sites for hydroxylation is 1. The maximum absolute atomic E-state index is 5.96. The predicted octanol–water partition coefficient (Wildman–Crippen LogP) is 3.60. The van der Waals surface area contributed by atoms with Crippen molar-refractivity contribution in [3.05, 3.63) is 59.7 Å². The number of benzene rings is 2. The summed E-state index contributed by atoms with van der Waals surface area (Å²) in [6.07, 6.45) is 1.96. The molecule has 1 heterocycles. The number of rotatable bonds is 4. The topological polar surface area (TPSA) is 59.6 Å². The molecule has 0 aliphatic carbocycles. The van der Waals surface area contributed by atoms with Crippen LogP contribution in [0.2, 0.25) is 0 Å². The lowest BCUT2D eigenvalue weighted by Crippen LogP contribution is -2.26. The minimum Gasteiger partial charge on any atom is -0.488 e. The lowest BCUT2D eigenvalue weighted by atomic mass is 10.1. The number of anilines is 1. The molecule has 1 aliphatic rings. The average Bonchev–Trinajstić information content (AvgIpc) is 2.96. The number of guanidine groups is 1. The van der Waals surface area contributed by atoms with Crippen molar-refractivity contribution in [1.29, 1.82) is 0 Å². The Bertz CT molecular complexity index is 662. The van der Waals surface area contributed by atoms with E-state index in [4.69, 9.17) is 10.5 Å². The molecule has 0 aromatic heterocycles. The van der Waals surface area contributed by atoms with Crippen LogP contribution in [0.4, 0.5) is 5.69 Å². The molecule has 2 aromatic rings. The molecule has 0 amide bonds. The molecule has 122 valence electrons. The zero-order chi connectivity index (χ0) is 15.4. The summed E-state index contributed by atoms with van der Waals surface area (Å²) >= 11 is 0. The van der Waals surface area contributed by atoms with Crippen LogP contribution < -0.4 is 15.8 Å². The quantitative estimate of drug-likeness (QED) is 0.449. The third-order valence-electron chi connectivity index (χ3n) is 3.79. The predicted molar refractivity (Wildman–Crippen MR) is 106 cm³/mol. The summed E-state index contributed by atoms with van der Waals surface area (Å²) < 4.78 is 5.85. The number of ether oxygens (including phenoxy) is 1. The van der Waals surface area contributed by atoms with Gasteiger partial charge in [-0.05, 0) is 35.7 Å². The van der Waals surface area contributed by atoms with Gasteiger partial charge < -0.3 is 15.8 Å². The molecule has 0 spiro atoms. The molecular weight excluding hydrogens is 401 g/mol. The van der Waals surface area contributed by atoms with Crippen molar-refractivity contribution < 1.29 is 4.74 Å². The SMILES string of the molecule is CCc1cccc(NC(N)=NCC2Cc3ccccc3O2)c1.I. The highest BCUT2D eigenvalue weighted by molar-refractivity contribution is 14.0. The van der Waals surface area contributed by atoms with Gasteiger partial charge in [-0.15, -0.1) is 24.0 Å². The van der Waals surface area contributed by atoms with Crippen LogP contribution in [-0.2, 0) is 12.8 Å². The Morgan fingerprint density at radius 1 is 1.26 bits per heavy atom. The van der Waals surface area contributed by atoms with Crippen LogP contribution in [0.15, 0.2) is 53.5 Å². The molecule has 0 radical (unpaired) electrons. The summed E-state index contributed by atoms with van der Waals surface area (Å²) in [4.78, 5) is 4.40. The van der Waals surface area contributed by atoms with E-state index >= 15 is 0 Å². The van der Waals surface area contributed by atoms with Crippen LogP contribution in [0.5, 0.6) is 5.75 Å². The normalized spacial score (nSPS) is 16.2. The maximum atomic E-state index is 5.96. The summed E-state index contributed by atoms with van der Waals surface area (Å²) in [7, 11) is 0. The number of para-hydroxylation sites is 1. The molecule has 0 fully saturated rings. The molecule has 23 heavy (non-hydrogen) atoms. The number of nitrogens with zero attached hydrogens (tertiary/aromatic N) is 1. The Labute approximate surface area is 154 Å². The van der Waals surface area contributed by atoms with E-state index in [9.17, 15) is 0 Å². The van der Waals surface area contributed by atoms with E-state index in [0.29, 0.717) is 12.5 Å². The van der Waals surface area contributed by atoms with Gasteiger partial charge in [-0.25, -0.2) is 4.99 Å². The highest BCUT2D eigenvalue weighted by Gasteiger charge is 2.21. The van der Waals surface area contributed by atoms with Crippen molar-refractivity contribution in [3.63, 3.8) is 0 Å². The van der Waals surface area contributed by atoms with Gasteiger partial charge in [-0.3, -0.25) is 0 Å². The van der Waals surface area contributed by atoms with Crippen LogP contribution in [-0.4, -0.2) is 18.6 Å². The number of fused-ring (bicyclic) bond motifs is 1. The van der Waals surface area contributed by atoms with Gasteiger partial charge in [0.05, 0.1) is 6.54 Å². The fourth-order valence-corrected chi connectivity index (χ4v) is 2.61. The summed E-state index contributed by atoms with van der Waals surface area (Å²) in [6, 6.07) is 16.3. The molecule has 2 aromatic carbocycles. The van der Waals surface area contributed by atoms with E-state index in [1.54, 1.807) is 0 Å². The summed E-state index contributed by atoms with van der Waals surface area (Å²) in [5.41, 5.74) is 9.44. The first-order chi connectivity index (χ1) is 10.7. The Morgan fingerprint density at radius 3 is 2.87 bits per heavy atom. The summed E-state index contributed by atoms with van der Waals surface area (Å²) in [5.74, 6) is 1.39. The minimum atomic E-state index is 0. The van der Waals surface area contributed by atoms with Gasteiger partial charge in [0.25, 0.3) is 0 Å². The van der Waals surface area contributed by atoms with Crippen molar-refractivity contribution >= 4 is 35.6 Å². The maximum Gasteiger partial charge on any atom is 0.193 e. The molecule has 1 aliphatic heterocycles. The Balaban J connectivity index is 0.00000192. The average molecular weight is 423 g/mol. The van der Waals surface area contributed by atoms with Crippen molar-refractivity contribution in [2.24, 2.45) is 10.7 Å². The fraction of sp³-hybridized carbons (Fsp3) is 0.278. The van der Waals surface area contributed by atoms with Crippen molar-refractivity contribution in [1.82, 2.24) is 0 Å². The molecule has 4 nitrogen and oxygen atoms in total. The molecular formula is C18H22IN3O. The van der Waals surface area contributed by atoms with Gasteiger partial charge in [-0.2, -0.15) is 0 Å². The zero-order valence-corrected chi connectivity index (χ0v) is 15.5. The standard InChI is InChI=1S/C18H21N3O.HI/c1-2-13-6-5-8-15(10-13)21-18(19)20-12-16-11-14-7-3-4-9-17(14)22-16;/h3-10,16H,2,11-12H2,1H3,(H3,19,20,21);1H. The third kappa shape index (κ3) is 4.60. The smallest absolute Gasteiger partial charge is 0.193 e. The van der Waals surface area contributed by atoms with Crippen LogP contribution in [0.25, 0.3) is 0 Å². The number of hydrogen-bond donors (Lipinski definition) is 2. The number of halogens is 1. The molecule has 0 saturated carbocycles. The van der Waals surface area contributed by atoms with Crippen LogP contribution in [0.1, 0.15) is 18.1 Å². The summed E-state index contributed by atoms with van der Waals surface area (Å²) in [5, 5.41) is 3.13. The largest absolute Gasteiger partial charge is 0.488 e. The molecule has 1 unspecified atom stereocenters. The number of nitrogens with one attached hydrogen (secondary N) is 1. The lowest BCUT2D eigenvalue weighted by Gasteiger charge is -2.10. The molecule has 0 bridgehead atoms. The third-order valence-corrected chi connectivity index (χ3v) is 3.79. The molecule has 5 heteroatoms. The van der Waals surface area contributed by atoms with Gasteiger partial charge in [0, 0.05) is 12.1 Å². The second kappa shape index (κ2) is 8.19. The van der Waals surface area contributed by atoms with Crippen LogP contribution in [0, 0.1) is 0 Å². The molecule has 3 N–H and O–H groups in total. The van der Waals surface area contributed by atoms with Crippen LogP contribution >= 0.6 is 24.0 Å². The Morgan fingerprint density at radius 2 is 2.09 bits per heavy atom. The second-order valence-corrected chi connectivity index (χ2v) is 5.46. The monoisotopic (exact) mass is 423 g/mol. The van der Waals surface area contributed by atoms with Gasteiger partial charge in [0.1, 0.15) is 11.9 Å². The van der Waals surface area contributed by atoms with Gasteiger partial charge in [-0.1, -0.05) is 37.3 Å². The fourth-order valence-electron chi connectivity index (χ4n) is 2.61. The number of hydrogen-bond acceptors (Lipinski definition) is 2. The number of aliphatic imine (C=N–C) groups is 1. The highest BCUT2D eigenvalue weighted by atomic mass is 127. The van der Waals surface area contributed by atoms with E-state index in [0.717, 1.165) is 24.3 Å². The number of nitrogens with two attached hydrogens (primary N) is 1. The first-order valence-electron chi connectivity index (χ1n) is 7.65. The van der Waals surface area contributed by atoms with E-state index in [2.05, 4.69) is 35.4 Å². The van der Waals surface area contributed by atoms with Gasteiger partial charge >= 0.3 is 0 Å². The van der Waals surface area contributed by atoms with E-state index in [1.165, 1.54) is 11.1 Å². The van der Waals surface area contributed by atoms with Gasteiger partial charge in [0.15, 0.2) is 5.96 Å². The molecule has 1 atom stereocenters. The van der Waals surface area contributed by atoms with Crippen molar-refractivity contribution in [2.75, 3.05) is 11.9 Å². The zero-order valence-electron chi connectivity index (χ0n) is 13.2. The van der Waals surface area contributed by atoms with Crippen LogP contribution in [0.3, 0.4) is 0 Å². The van der Waals surface area contributed by atoms with E-state index in [1.807, 2.05) is 30.3 Å². The van der Waals surface area contributed by atoms with E-state index in [-0.39, 0.29) is 30.1 Å². The molecule has 3 rings (SSSR count). The lowest BCUT2D eigenvalue weighted by molar-refractivity contribution is 0.242. The summed E-state index contributed by atoms with van der Waals surface area (Å²) in [6.45, 7) is 2.69. The highest BCUT2D eigenvalue weighted by Crippen LogP contribution is 2.28. The van der Waals surface area contributed by atoms with Crippen molar-refractivity contribution in [3.8, 4) is 5.75 Å². The minimum absolute atomic E-state index is 0. The Hall–Kier alpha value is -1.76. The van der Waals surface area contributed by atoms with Gasteiger partial charge in [0.2, 0.25) is 0 Å². The first kappa shape index (κ1) is 17.6. The van der Waals surface area contributed by atoms with E-state index < -0.39 is 0 Å². The second-order valence-electron chi connectivity index (χ2n) is 5.46. The molecule has 0 saturated heterocycles.